The lowest BCUT2D eigenvalue weighted by molar-refractivity contribution is 0.0734. The van der Waals surface area contributed by atoms with E-state index in [4.69, 9.17) is 19.9 Å². The molecule has 7 heteroatoms. The zero-order valence-corrected chi connectivity index (χ0v) is 18.6. The van der Waals surface area contributed by atoms with Gasteiger partial charge in [-0.15, -0.1) is 0 Å². The summed E-state index contributed by atoms with van der Waals surface area (Å²) in [7, 11) is 0. The molecule has 2 N–H and O–H groups in total. The van der Waals surface area contributed by atoms with E-state index >= 15 is 0 Å². The molecule has 0 amide bonds. The van der Waals surface area contributed by atoms with Crippen molar-refractivity contribution in [3.05, 3.63) is 101 Å². The number of esters is 1. The molecule has 34 heavy (non-hydrogen) atoms. The number of carbonyl (C=O) groups excluding carboxylic acids is 1. The van der Waals surface area contributed by atoms with Gasteiger partial charge in [0.25, 0.3) is 0 Å². The van der Waals surface area contributed by atoms with E-state index in [0.717, 1.165) is 18.4 Å². The molecule has 0 saturated heterocycles. The van der Waals surface area contributed by atoms with Crippen molar-refractivity contribution in [3.63, 3.8) is 0 Å². The fraction of sp³-hybridized carbons (Fsp3) is 0.185. The molecule has 1 aliphatic rings. The summed E-state index contributed by atoms with van der Waals surface area (Å²) in [4.78, 5) is 12.4. The summed E-state index contributed by atoms with van der Waals surface area (Å²) in [5.41, 5.74) is 8.08. The number of unbranched alkanes of at least 4 members (excludes halogenated alkanes) is 1. The highest BCUT2D eigenvalue weighted by Crippen LogP contribution is 2.45. The third kappa shape index (κ3) is 4.71. The summed E-state index contributed by atoms with van der Waals surface area (Å²) in [5, 5.41) is 9.84. The van der Waals surface area contributed by atoms with E-state index < -0.39 is 17.7 Å². The Morgan fingerprint density at radius 1 is 1.12 bits per heavy atom. The van der Waals surface area contributed by atoms with E-state index in [1.807, 2.05) is 24.3 Å². The molecule has 0 spiro atoms. The van der Waals surface area contributed by atoms with Gasteiger partial charge in [-0.05, 0) is 42.8 Å². The van der Waals surface area contributed by atoms with Crippen molar-refractivity contribution in [1.29, 1.82) is 5.26 Å². The lowest BCUT2D eigenvalue weighted by atomic mass is 9.83. The van der Waals surface area contributed by atoms with Crippen LogP contribution >= 0.6 is 0 Å². The third-order valence-corrected chi connectivity index (χ3v) is 5.47. The highest BCUT2D eigenvalue weighted by Gasteiger charge is 2.33. The second-order valence-corrected chi connectivity index (χ2v) is 7.76. The van der Waals surface area contributed by atoms with Crippen LogP contribution in [0.5, 0.6) is 17.2 Å². The molecule has 1 heterocycles. The van der Waals surface area contributed by atoms with E-state index in [9.17, 15) is 14.4 Å². The van der Waals surface area contributed by atoms with Crippen LogP contribution in [0, 0.1) is 17.1 Å². The molecule has 3 aromatic carbocycles. The fourth-order valence-corrected chi connectivity index (χ4v) is 3.75. The smallest absolute Gasteiger partial charge is 0.343 e. The Morgan fingerprint density at radius 3 is 2.62 bits per heavy atom. The van der Waals surface area contributed by atoms with Crippen molar-refractivity contribution in [2.24, 2.45) is 5.73 Å². The van der Waals surface area contributed by atoms with Crippen LogP contribution in [0.25, 0.3) is 0 Å². The van der Waals surface area contributed by atoms with E-state index in [0.29, 0.717) is 23.7 Å². The van der Waals surface area contributed by atoms with Gasteiger partial charge in [0.05, 0.1) is 18.1 Å². The van der Waals surface area contributed by atoms with Crippen molar-refractivity contribution in [3.8, 4) is 23.3 Å². The van der Waals surface area contributed by atoms with Crippen LogP contribution in [0.15, 0.2) is 78.2 Å². The Balaban J connectivity index is 1.68. The number of halogens is 1. The average molecular weight is 458 g/mol. The number of nitrogens with two attached hydrogens (primary N) is 1. The maximum absolute atomic E-state index is 13.1. The summed E-state index contributed by atoms with van der Waals surface area (Å²) in [6.45, 7) is 2.64. The maximum atomic E-state index is 13.1. The van der Waals surface area contributed by atoms with Crippen molar-refractivity contribution in [2.75, 3.05) is 6.61 Å². The van der Waals surface area contributed by atoms with Crippen molar-refractivity contribution in [2.45, 2.75) is 25.7 Å². The SMILES string of the molecule is CCCCOc1ccccc1C1C(C#N)=C(N)Oc2cc(OC(=O)c3ccc(F)cc3)ccc21. The van der Waals surface area contributed by atoms with Crippen LogP contribution in [0.3, 0.4) is 0 Å². The van der Waals surface area contributed by atoms with Gasteiger partial charge in [0.2, 0.25) is 5.88 Å². The number of para-hydroxylation sites is 1. The summed E-state index contributed by atoms with van der Waals surface area (Å²) in [6.07, 6.45) is 1.91. The molecule has 3 aromatic rings. The first kappa shape index (κ1) is 22.9. The predicted octanol–water partition coefficient (Wildman–Crippen LogP) is 5.44. The standard InChI is InChI=1S/C27H23FN2O4/c1-2-3-14-32-23-7-5-4-6-20(23)25-21-13-12-19(15-24(21)34-26(30)22(25)16-29)33-27(31)17-8-10-18(28)11-9-17/h4-13,15,25H,2-3,14,30H2,1H3. The number of hydrogen-bond acceptors (Lipinski definition) is 6. The zero-order valence-electron chi connectivity index (χ0n) is 18.6. The number of hydrogen-bond donors (Lipinski definition) is 1. The summed E-state index contributed by atoms with van der Waals surface area (Å²) < 4.78 is 30.3. The lowest BCUT2D eigenvalue weighted by Gasteiger charge is -2.28. The van der Waals surface area contributed by atoms with Crippen LogP contribution in [0.1, 0.15) is 47.2 Å². The van der Waals surface area contributed by atoms with Crippen molar-refractivity contribution in [1.82, 2.24) is 0 Å². The molecule has 4 rings (SSSR count). The second kappa shape index (κ2) is 10.1. The normalized spacial score (nSPS) is 14.6. The quantitative estimate of drug-likeness (QED) is 0.288. The summed E-state index contributed by atoms with van der Waals surface area (Å²) in [6, 6.07) is 19.6. The molecule has 1 unspecified atom stereocenters. The minimum absolute atomic E-state index is 0.0228. The van der Waals surface area contributed by atoms with Gasteiger partial charge in [-0.3, -0.25) is 0 Å². The van der Waals surface area contributed by atoms with Crippen LogP contribution in [-0.2, 0) is 0 Å². The molecule has 0 saturated carbocycles. The van der Waals surface area contributed by atoms with E-state index in [1.165, 1.54) is 24.3 Å². The van der Waals surface area contributed by atoms with Gasteiger partial charge in [-0.25, -0.2) is 9.18 Å². The number of nitrogens with zero attached hydrogens (tertiary/aromatic N) is 1. The Morgan fingerprint density at radius 2 is 1.88 bits per heavy atom. The molecule has 0 fully saturated rings. The van der Waals surface area contributed by atoms with Crippen LogP contribution < -0.4 is 19.9 Å². The molecule has 0 aliphatic carbocycles. The highest BCUT2D eigenvalue weighted by atomic mass is 19.1. The number of allylic oxidation sites excluding steroid dienone is 1. The topological polar surface area (TPSA) is 94.6 Å². The first-order valence-electron chi connectivity index (χ1n) is 10.9. The summed E-state index contributed by atoms with van der Waals surface area (Å²) >= 11 is 0. The summed E-state index contributed by atoms with van der Waals surface area (Å²) in [5.74, 6) is -0.343. The number of rotatable bonds is 7. The molecule has 1 aliphatic heterocycles. The van der Waals surface area contributed by atoms with Gasteiger partial charge < -0.3 is 19.9 Å². The zero-order chi connectivity index (χ0) is 24.1. The third-order valence-electron chi connectivity index (χ3n) is 5.47. The van der Waals surface area contributed by atoms with Gasteiger partial charge in [-0.1, -0.05) is 37.6 Å². The van der Waals surface area contributed by atoms with Gasteiger partial charge in [-0.2, -0.15) is 5.26 Å². The average Bonchev–Trinajstić information content (AvgIpc) is 2.84. The molecule has 0 bridgehead atoms. The molecule has 172 valence electrons. The fourth-order valence-electron chi connectivity index (χ4n) is 3.75. The molecule has 0 aromatic heterocycles. The van der Waals surface area contributed by atoms with Gasteiger partial charge in [0, 0.05) is 17.2 Å². The lowest BCUT2D eigenvalue weighted by Crippen LogP contribution is -2.21. The van der Waals surface area contributed by atoms with E-state index in [1.54, 1.807) is 18.2 Å². The Hall–Kier alpha value is -4.31. The Labute approximate surface area is 197 Å². The number of carbonyl (C=O) groups is 1. The molecule has 6 nitrogen and oxygen atoms in total. The number of ether oxygens (including phenoxy) is 3. The highest BCUT2D eigenvalue weighted by molar-refractivity contribution is 5.91. The minimum atomic E-state index is -0.636. The minimum Gasteiger partial charge on any atom is -0.493 e. The second-order valence-electron chi connectivity index (χ2n) is 7.76. The predicted molar refractivity (Wildman–Crippen MR) is 124 cm³/mol. The number of nitriles is 1. The van der Waals surface area contributed by atoms with Crippen LogP contribution in [0.2, 0.25) is 0 Å². The van der Waals surface area contributed by atoms with E-state index in [-0.39, 0.29) is 22.8 Å². The largest absolute Gasteiger partial charge is 0.493 e. The molecular formula is C27H23FN2O4. The first-order chi connectivity index (χ1) is 16.5. The Kier molecular flexibility index (Phi) is 6.79. The van der Waals surface area contributed by atoms with E-state index in [2.05, 4.69) is 13.0 Å². The molecular weight excluding hydrogens is 435 g/mol. The van der Waals surface area contributed by atoms with Gasteiger partial charge in [0.15, 0.2) is 0 Å². The monoisotopic (exact) mass is 458 g/mol. The van der Waals surface area contributed by atoms with Crippen molar-refractivity contribution < 1.29 is 23.4 Å². The van der Waals surface area contributed by atoms with Crippen LogP contribution in [-0.4, -0.2) is 12.6 Å². The number of benzene rings is 3. The van der Waals surface area contributed by atoms with Crippen molar-refractivity contribution >= 4 is 5.97 Å². The van der Waals surface area contributed by atoms with Gasteiger partial charge in [0.1, 0.15) is 34.7 Å². The van der Waals surface area contributed by atoms with Crippen LogP contribution in [0.4, 0.5) is 4.39 Å². The first-order valence-corrected chi connectivity index (χ1v) is 10.9. The molecule has 0 radical (unpaired) electrons. The van der Waals surface area contributed by atoms with Gasteiger partial charge >= 0.3 is 5.97 Å². The number of fused-ring (bicyclic) bond motifs is 1. The maximum Gasteiger partial charge on any atom is 0.343 e. The molecule has 1 atom stereocenters. The Bertz CT molecular complexity index is 1280.